The van der Waals surface area contributed by atoms with Crippen LogP contribution in [0.15, 0.2) is 48.5 Å². The van der Waals surface area contributed by atoms with Crippen LogP contribution in [-0.2, 0) is 17.6 Å². The molecule has 4 rings (SSSR count). The first-order valence-corrected chi connectivity index (χ1v) is 17.3. The molecule has 0 amide bonds. The molecule has 1 heteroatoms. The Kier molecular flexibility index (Phi) is 13.3. The number of carbonyl (C=O) groups excluding carboxylic acids is 1. The van der Waals surface area contributed by atoms with Crippen LogP contribution < -0.4 is 0 Å². The van der Waals surface area contributed by atoms with Crippen molar-refractivity contribution in [2.45, 2.75) is 154 Å². The number of hydrogen-bond donors (Lipinski definition) is 0. The molecule has 220 valence electrons. The maximum absolute atomic E-state index is 12.4. The van der Waals surface area contributed by atoms with Gasteiger partial charge >= 0.3 is 0 Å². The van der Waals surface area contributed by atoms with E-state index < -0.39 is 0 Å². The maximum atomic E-state index is 12.4. The van der Waals surface area contributed by atoms with Crippen LogP contribution >= 0.6 is 0 Å². The molecule has 0 aromatic heterocycles. The SMILES string of the molecule is CCCC1CCC(c2ccc(CCCCC(=O)CCCCc3ccc(C4CCC(CCC)CC4)cc3)cc2)CC1. The van der Waals surface area contributed by atoms with Crippen LogP contribution in [-0.4, -0.2) is 5.78 Å². The van der Waals surface area contributed by atoms with Crippen molar-refractivity contribution in [2.24, 2.45) is 11.8 Å². The number of hydrogen-bond acceptors (Lipinski definition) is 1. The van der Waals surface area contributed by atoms with Gasteiger partial charge in [0, 0.05) is 12.8 Å². The van der Waals surface area contributed by atoms with Crippen LogP contribution in [0.1, 0.15) is 164 Å². The summed E-state index contributed by atoms with van der Waals surface area (Å²) in [6, 6.07) is 18.9. The summed E-state index contributed by atoms with van der Waals surface area (Å²) in [6.45, 7) is 4.64. The zero-order valence-corrected chi connectivity index (χ0v) is 26.0. The Balaban J connectivity index is 1.04. The number of Topliss-reactive ketones (excluding diaryl/α,β-unsaturated/α-hetero) is 1. The second-order valence-electron chi connectivity index (χ2n) is 13.4. The van der Waals surface area contributed by atoms with E-state index >= 15 is 0 Å². The van der Waals surface area contributed by atoms with E-state index in [-0.39, 0.29) is 0 Å². The number of unbranched alkanes of at least 4 members (excludes halogenated alkanes) is 2. The number of carbonyl (C=O) groups is 1. The van der Waals surface area contributed by atoms with Gasteiger partial charge in [-0.05, 0) is 136 Å². The average molecular weight is 543 g/mol. The third kappa shape index (κ3) is 10.2. The lowest BCUT2D eigenvalue weighted by molar-refractivity contribution is -0.119. The highest BCUT2D eigenvalue weighted by molar-refractivity contribution is 5.78. The molecular formula is C39H58O. The van der Waals surface area contributed by atoms with E-state index in [4.69, 9.17) is 0 Å². The van der Waals surface area contributed by atoms with Crippen LogP contribution in [0.3, 0.4) is 0 Å². The van der Waals surface area contributed by atoms with Crippen molar-refractivity contribution < 1.29 is 4.79 Å². The van der Waals surface area contributed by atoms with Crippen LogP contribution in [0.2, 0.25) is 0 Å². The lowest BCUT2D eigenvalue weighted by Crippen LogP contribution is -2.13. The number of benzene rings is 2. The molecule has 2 aromatic carbocycles. The summed E-state index contributed by atoms with van der Waals surface area (Å²) < 4.78 is 0. The van der Waals surface area contributed by atoms with Crippen LogP contribution in [0.4, 0.5) is 0 Å². The summed E-state index contributed by atoms with van der Waals surface area (Å²) in [7, 11) is 0. The number of aryl methyl sites for hydroxylation is 2. The van der Waals surface area contributed by atoms with Crippen LogP contribution in [0.25, 0.3) is 0 Å². The van der Waals surface area contributed by atoms with Gasteiger partial charge in [0.2, 0.25) is 0 Å². The molecular weight excluding hydrogens is 484 g/mol. The molecule has 2 aliphatic rings. The molecule has 0 saturated heterocycles. The Morgan fingerprint density at radius 2 is 0.925 bits per heavy atom. The van der Waals surface area contributed by atoms with Gasteiger partial charge in [-0.1, -0.05) is 88.1 Å². The normalized spacial score (nSPS) is 23.2. The predicted molar refractivity (Wildman–Crippen MR) is 172 cm³/mol. The van der Waals surface area contributed by atoms with E-state index in [1.165, 1.54) is 88.2 Å². The minimum Gasteiger partial charge on any atom is -0.300 e. The van der Waals surface area contributed by atoms with Gasteiger partial charge in [0.15, 0.2) is 0 Å². The molecule has 2 saturated carbocycles. The fraction of sp³-hybridized carbons (Fsp3) is 0.667. The van der Waals surface area contributed by atoms with Crippen molar-refractivity contribution in [1.82, 2.24) is 0 Å². The molecule has 40 heavy (non-hydrogen) atoms. The van der Waals surface area contributed by atoms with E-state index in [9.17, 15) is 4.79 Å². The molecule has 2 fully saturated rings. The average Bonchev–Trinajstić information content (AvgIpc) is 2.99. The van der Waals surface area contributed by atoms with Gasteiger partial charge in [-0.2, -0.15) is 0 Å². The molecule has 0 heterocycles. The Morgan fingerprint density at radius 3 is 1.27 bits per heavy atom. The smallest absolute Gasteiger partial charge is 0.132 e. The van der Waals surface area contributed by atoms with Gasteiger partial charge < -0.3 is 0 Å². The highest BCUT2D eigenvalue weighted by Crippen LogP contribution is 2.38. The predicted octanol–water partition coefficient (Wildman–Crippen LogP) is 11.5. The minimum atomic E-state index is 0.461. The van der Waals surface area contributed by atoms with Crippen molar-refractivity contribution >= 4 is 5.78 Å². The Labute approximate surface area is 246 Å². The molecule has 2 aromatic rings. The first kappa shape index (κ1) is 31.1. The molecule has 0 radical (unpaired) electrons. The van der Waals surface area contributed by atoms with Gasteiger partial charge in [-0.3, -0.25) is 4.79 Å². The number of rotatable bonds is 16. The fourth-order valence-corrected chi connectivity index (χ4v) is 7.73. The molecule has 0 aliphatic heterocycles. The van der Waals surface area contributed by atoms with Crippen molar-refractivity contribution in [2.75, 3.05) is 0 Å². The van der Waals surface area contributed by atoms with Crippen molar-refractivity contribution in [1.29, 1.82) is 0 Å². The molecule has 0 bridgehead atoms. The second kappa shape index (κ2) is 17.2. The summed E-state index contributed by atoms with van der Waals surface area (Å²) in [4.78, 5) is 12.4. The van der Waals surface area contributed by atoms with E-state index in [0.29, 0.717) is 5.78 Å². The summed E-state index contributed by atoms with van der Waals surface area (Å²) in [6.07, 6.45) is 24.7. The first-order valence-electron chi connectivity index (χ1n) is 17.3. The van der Waals surface area contributed by atoms with Crippen molar-refractivity contribution in [3.63, 3.8) is 0 Å². The van der Waals surface area contributed by atoms with E-state index in [1.54, 1.807) is 11.1 Å². The minimum absolute atomic E-state index is 0.461. The van der Waals surface area contributed by atoms with Gasteiger partial charge in [0.25, 0.3) is 0 Å². The van der Waals surface area contributed by atoms with Crippen LogP contribution in [0, 0.1) is 11.8 Å². The number of ketones is 1. The van der Waals surface area contributed by atoms with E-state index in [0.717, 1.165) is 75.0 Å². The second-order valence-corrected chi connectivity index (χ2v) is 13.4. The molecule has 0 spiro atoms. The monoisotopic (exact) mass is 542 g/mol. The Bertz CT molecular complexity index is 875. The van der Waals surface area contributed by atoms with Crippen molar-refractivity contribution in [3.8, 4) is 0 Å². The fourth-order valence-electron chi connectivity index (χ4n) is 7.73. The van der Waals surface area contributed by atoms with E-state index in [1.807, 2.05) is 0 Å². The Morgan fingerprint density at radius 1 is 0.550 bits per heavy atom. The van der Waals surface area contributed by atoms with Gasteiger partial charge in [0.1, 0.15) is 5.78 Å². The Hall–Kier alpha value is -1.89. The third-order valence-electron chi connectivity index (χ3n) is 10.3. The quantitative estimate of drug-likeness (QED) is 0.193. The summed E-state index contributed by atoms with van der Waals surface area (Å²) >= 11 is 0. The largest absolute Gasteiger partial charge is 0.300 e. The van der Waals surface area contributed by atoms with Crippen LogP contribution in [0.5, 0.6) is 0 Å². The molecule has 1 nitrogen and oxygen atoms in total. The lowest BCUT2D eigenvalue weighted by Gasteiger charge is -2.28. The van der Waals surface area contributed by atoms with Gasteiger partial charge in [-0.15, -0.1) is 0 Å². The zero-order valence-electron chi connectivity index (χ0n) is 26.0. The maximum Gasteiger partial charge on any atom is 0.132 e. The zero-order chi connectivity index (χ0) is 28.0. The van der Waals surface area contributed by atoms with Gasteiger partial charge in [-0.25, -0.2) is 0 Å². The standard InChI is InChI=1S/C39H58O/c1-3-9-31-15-23-35(24-16-31)37-27-19-33(20-28-37)11-5-7-13-39(40)14-8-6-12-34-21-29-38(30-22-34)36-25-17-32(10-4-2)18-26-36/h19-22,27-32,35-36H,3-18,23-26H2,1-2H3. The third-order valence-corrected chi connectivity index (χ3v) is 10.3. The molecule has 0 unspecified atom stereocenters. The molecule has 0 N–H and O–H groups in total. The summed E-state index contributed by atoms with van der Waals surface area (Å²) in [5.74, 6) is 3.97. The molecule has 2 aliphatic carbocycles. The summed E-state index contributed by atoms with van der Waals surface area (Å²) in [5.41, 5.74) is 5.97. The first-order chi connectivity index (χ1) is 19.6. The summed E-state index contributed by atoms with van der Waals surface area (Å²) in [5, 5.41) is 0. The van der Waals surface area contributed by atoms with Gasteiger partial charge in [0.05, 0.1) is 0 Å². The van der Waals surface area contributed by atoms with E-state index in [2.05, 4.69) is 62.4 Å². The topological polar surface area (TPSA) is 17.1 Å². The highest BCUT2D eigenvalue weighted by atomic mass is 16.1. The molecule has 0 atom stereocenters. The van der Waals surface area contributed by atoms with Crippen molar-refractivity contribution in [3.05, 3.63) is 70.8 Å². The lowest BCUT2D eigenvalue weighted by atomic mass is 9.77. The highest BCUT2D eigenvalue weighted by Gasteiger charge is 2.22.